The summed E-state index contributed by atoms with van der Waals surface area (Å²) in [5.74, 6) is 0.425. The molecular formula is C18H28ClN3O3S. The van der Waals surface area contributed by atoms with Crippen LogP contribution in [0.3, 0.4) is 0 Å². The molecule has 1 aromatic rings. The molecule has 1 aromatic carbocycles. The van der Waals surface area contributed by atoms with Crippen molar-refractivity contribution in [1.82, 2.24) is 5.32 Å². The van der Waals surface area contributed by atoms with Gasteiger partial charge in [0.05, 0.1) is 11.4 Å². The number of halogens is 1. The van der Waals surface area contributed by atoms with Gasteiger partial charge in [-0.15, -0.1) is 12.4 Å². The number of hydrogen-bond acceptors (Lipinski definition) is 4. The van der Waals surface area contributed by atoms with Gasteiger partial charge in [-0.2, -0.15) is 0 Å². The molecule has 146 valence electrons. The highest BCUT2D eigenvalue weighted by Gasteiger charge is 2.30. The third-order valence-corrected chi connectivity index (χ3v) is 7.21. The average Bonchev–Trinajstić information content (AvgIpc) is 2.94. The van der Waals surface area contributed by atoms with Crippen molar-refractivity contribution < 1.29 is 13.2 Å². The number of amides is 1. The first kappa shape index (κ1) is 21.0. The van der Waals surface area contributed by atoms with E-state index in [1.165, 1.54) is 10.7 Å². The molecule has 1 heterocycles. The van der Waals surface area contributed by atoms with Crippen LogP contribution in [-0.4, -0.2) is 39.2 Å². The van der Waals surface area contributed by atoms with Crippen LogP contribution >= 0.6 is 12.4 Å². The second-order valence-corrected chi connectivity index (χ2v) is 9.12. The summed E-state index contributed by atoms with van der Waals surface area (Å²) in [5, 5.41) is 3.12. The van der Waals surface area contributed by atoms with E-state index >= 15 is 0 Å². The fraction of sp³-hybridized carbons (Fsp3) is 0.611. The molecule has 3 N–H and O–H groups in total. The Kier molecular flexibility index (Phi) is 6.93. The molecule has 1 aliphatic heterocycles. The number of anilines is 1. The molecule has 0 aromatic heterocycles. The molecule has 6 nitrogen and oxygen atoms in total. The Morgan fingerprint density at radius 2 is 2.00 bits per heavy atom. The monoisotopic (exact) mass is 401 g/mol. The number of nitrogens with zero attached hydrogens (tertiary/aromatic N) is 1. The van der Waals surface area contributed by atoms with Crippen LogP contribution in [0.25, 0.3) is 0 Å². The van der Waals surface area contributed by atoms with Gasteiger partial charge in [0.1, 0.15) is 0 Å². The van der Waals surface area contributed by atoms with Crippen LogP contribution in [0.2, 0.25) is 0 Å². The van der Waals surface area contributed by atoms with E-state index < -0.39 is 10.0 Å². The van der Waals surface area contributed by atoms with Gasteiger partial charge in [0.15, 0.2) is 0 Å². The Bertz CT molecular complexity index is 754. The highest BCUT2D eigenvalue weighted by atomic mass is 35.5. The van der Waals surface area contributed by atoms with Crippen LogP contribution < -0.4 is 15.4 Å². The second kappa shape index (κ2) is 8.59. The van der Waals surface area contributed by atoms with Crippen LogP contribution in [0.15, 0.2) is 18.2 Å². The van der Waals surface area contributed by atoms with Crippen molar-refractivity contribution in [3.05, 3.63) is 29.3 Å². The maximum atomic E-state index is 12.6. The van der Waals surface area contributed by atoms with E-state index in [0.29, 0.717) is 36.7 Å². The van der Waals surface area contributed by atoms with E-state index in [2.05, 4.69) is 5.32 Å². The Morgan fingerprint density at radius 3 is 2.62 bits per heavy atom. The molecule has 1 saturated carbocycles. The molecule has 2 fully saturated rings. The number of rotatable bonds is 4. The molecule has 0 spiro atoms. The highest BCUT2D eigenvalue weighted by Crippen LogP contribution is 2.28. The third-order valence-electron chi connectivity index (χ3n) is 5.36. The molecule has 8 heteroatoms. The second-order valence-electron chi connectivity index (χ2n) is 7.10. The number of carbonyl (C=O) groups is 1. The minimum absolute atomic E-state index is 0. The van der Waals surface area contributed by atoms with Gasteiger partial charge in [0, 0.05) is 18.2 Å². The summed E-state index contributed by atoms with van der Waals surface area (Å²) in [6, 6.07) is 5.36. The van der Waals surface area contributed by atoms with Gasteiger partial charge in [-0.25, -0.2) is 8.42 Å². The van der Waals surface area contributed by atoms with Crippen molar-refractivity contribution in [2.24, 2.45) is 11.7 Å². The molecule has 2 atom stereocenters. The average molecular weight is 402 g/mol. The topological polar surface area (TPSA) is 92.5 Å². The van der Waals surface area contributed by atoms with Crippen LogP contribution in [-0.2, 0) is 10.0 Å². The lowest BCUT2D eigenvalue weighted by Crippen LogP contribution is -2.44. The SMILES string of the molecule is Cc1cc(C(=O)NC2CCCCC2CN)ccc1N1CCCS1(=O)=O.Cl. The van der Waals surface area contributed by atoms with Gasteiger partial charge in [0.25, 0.3) is 5.91 Å². The van der Waals surface area contributed by atoms with Crippen molar-refractivity contribution in [3.8, 4) is 0 Å². The van der Waals surface area contributed by atoms with Crippen LogP contribution in [0, 0.1) is 12.8 Å². The van der Waals surface area contributed by atoms with Crippen LogP contribution in [0.4, 0.5) is 5.69 Å². The van der Waals surface area contributed by atoms with Gasteiger partial charge in [-0.3, -0.25) is 9.10 Å². The number of benzene rings is 1. The minimum Gasteiger partial charge on any atom is -0.349 e. The normalized spacial score (nSPS) is 24.8. The maximum absolute atomic E-state index is 12.6. The number of hydrogen-bond donors (Lipinski definition) is 2. The van der Waals surface area contributed by atoms with Gasteiger partial charge in [-0.05, 0) is 62.4 Å². The first-order valence-corrected chi connectivity index (χ1v) is 10.7. The Hall–Kier alpha value is -1.31. The van der Waals surface area contributed by atoms with E-state index in [4.69, 9.17) is 5.73 Å². The highest BCUT2D eigenvalue weighted by molar-refractivity contribution is 7.93. The van der Waals surface area contributed by atoms with Gasteiger partial charge < -0.3 is 11.1 Å². The van der Waals surface area contributed by atoms with Gasteiger partial charge in [0.2, 0.25) is 10.0 Å². The lowest BCUT2D eigenvalue weighted by Gasteiger charge is -2.31. The summed E-state index contributed by atoms with van der Waals surface area (Å²) in [4.78, 5) is 12.6. The molecule has 26 heavy (non-hydrogen) atoms. The zero-order valence-electron chi connectivity index (χ0n) is 15.1. The standard InChI is InChI=1S/C18H27N3O3S.ClH/c1-13-11-14(7-8-17(13)21-9-4-10-25(21,23)24)18(22)20-16-6-3-2-5-15(16)12-19;/h7-8,11,15-16H,2-6,9-10,12,19H2,1H3,(H,20,22);1H. The van der Waals surface area contributed by atoms with Crippen molar-refractivity contribution in [2.45, 2.75) is 45.1 Å². The predicted octanol–water partition coefficient (Wildman–Crippen LogP) is 2.20. The smallest absolute Gasteiger partial charge is 0.251 e. The van der Waals surface area contributed by atoms with Crippen molar-refractivity contribution in [3.63, 3.8) is 0 Å². The number of nitrogens with one attached hydrogen (secondary N) is 1. The summed E-state index contributed by atoms with van der Waals surface area (Å²) < 4.78 is 25.7. The largest absolute Gasteiger partial charge is 0.349 e. The molecule has 1 saturated heterocycles. The number of nitrogens with two attached hydrogens (primary N) is 1. The maximum Gasteiger partial charge on any atom is 0.251 e. The predicted molar refractivity (Wildman–Crippen MR) is 106 cm³/mol. The van der Waals surface area contributed by atoms with E-state index in [-0.39, 0.29) is 30.1 Å². The Labute approximate surface area is 162 Å². The lowest BCUT2D eigenvalue weighted by molar-refractivity contribution is 0.0908. The summed E-state index contributed by atoms with van der Waals surface area (Å²) in [5.41, 5.74) is 7.88. The molecule has 1 aliphatic carbocycles. The van der Waals surface area contributed by atoms with E-state index in [9.17, 15) is 13.2 Å². The van der Waals surface area contributed by atoms with Crippen LogP contribution in [0.1, 0.15) is 48.0 Å². The number of aryl methyl sites for hydroxylation is 1. The fourth-order valence-corrected chi connectivity index (χ4v) is 5.54. The van der Waals surface area contributed by atoms with E-state index in [1.54, 1.807) is 18.2 Å². The molecule has 0 radical (unpaired) electrons. The summed E-state index contributed by atoms with van der Waals surface area (Å²) in [7, 11) is -3.21. The first-order valence-electron chi connectivity index (χ1n) is 9.04. The van der Waals surface area contributed by atoms with Crippen molar-refractivity contribution in [2.75, 3.05) is 23.1 Å². The summed E-state index contributed by atoms with van der Waals surface area (Å²) >= 11 is 0. The lowest BCUT2D eigenvalue weighted by atomic mass is 9.84. The van der Waals surface area contributed by atoms with E-state index in [1.807, 2.05) is 6.92 Å². The molecular weight excluding hydrogens is 374 g/mol. The first-order chi connectivity index (χ1) is 11.9. The molecule has 2 unspecified atom stereocenters. The Morgan fingerprint density at radius 1 is 1.27 bits per heavy atom. The quantitative estimate of drug-likeness (QED) is 0.808. The van der Waals surface area contributed by atoms with Gasteiger partial charge >= 0.3 is 0 Å². The summed E-state index contributed by atoms with van der Waals surface area (Å²) in [6.07, 6.45) is 4.97. The molecule has 3 rings (SSSR count). The molecule has 1 amide bonds. The van der Waals surface area contributed by atoms with Crippen molar-refractivity contribution >= 4 is 34.0 Å². The zero-order chi connectivity index (χ0) is 18.0. The molecule has 0 bridgehead atoms. The minimum atomic E-state index is -3.21. The number of carbonyl (C=O) groups excluding carboxylic acids is 1. The van der Waals surface area contributed by atoms with E-state index in [0.717, 1.165) is 24.8 Å². The summed E-state index contributed by atoms with van der Waals surface area (Å²) in [6.45, 7) is 2.95. The van der Waals surface area contributed by atoms with Crippen LogP contribution in [0.5, 0.6) is 0 Å². The number of sulfonamides is 1. The zero-order valence-corrected chi connectivity index (χ0v) is 16.7. The molecule has 2 aliphatic rings. The van der Waals surface area contributed by atoms with Gasteiger partial charge in [-0.1, -0.05) is 12.8 Å². The Balaban J connectivity index is 0.00000243. The van der Waals surface area contributed by atoms with Crippen molar-refractivity contribution in [1.29, 1.82) is 0 Å². The third kappa shape index (κ3) is 4.32. The fourth-order valence-electron chi connectivity index (χ4n) is 3.92.